The van der Waals surface area contributed by atoms with Gasteiger partial charge < -0.3 is 4.90 Å². The van der Waals surface area contributed by atoms with E-state index in [0.717, 1.165) is 12.2 Å². The molecule has 3 rings (SSSR count). The Labute approximate surface area is 102 Å². The molecule has 0 saturated heterocycles. The van der Waals surface area contributed by atoms with E-state index < -0.39 is 0 Å². The van der Waals surface area contributed by atoms with Crippen LogP contribution in [0, 0.1) is 0 Å². The molecule has 1 aromatic rings. The van der Waals surface area contributed by atoms with Gasteiger partial charge in [0.05, 0.1) is 5.69 Å². The van der Waals surface area contributed by atoms with Crippen LogP contribution in [0.4, 0.5) is 10.5 Å². The molecule has 1 aliphatic carbocycles. The predicted molar refractivity (Wildman–Crippen MR) is 68.0 cm³/mol. The lowest BCUT2D eigenvalue weighted by Gasteiger charge is -2.38. The van der Waals surface area contributed by atoms with Gasteiger partial charge in [0.2, 0.25) is 0 Å². The quantitative estimate of drug-likeness (QED) is 0.727. The molecule has 1 aromatic carbocycles. The molecule has 0 unspecified atom stereocenters. The molecule has 0 radical (unpaired) electrons. The lowest BCUT2D eigenvalue weighted by molar-refractivity contribution is 0.175. The van der Waals surface area contributed by atoms with Crippen molar-refractivity contribution in [3.63, 3.8) is 0 Å². The SMILES string of the molecule is CN1C(=O)N(C2CCCC2)Cc2ccccc21. The molecule has 1 saturated carbocycles. The second kappa shape index (κ2) is 4.06. The monoisotopic (exact) mass is 230 g/mol. The molecular weight excluding hydrogens is 212 g/mol. The number of benzene rings is 1. The molecule has 0 atom stereocenters. The highest BCUT2D eigenvalue weighted by Gasteiger charge is 2.33. The van der Waals surface area contributed by atoms with E-state index in [2.05, 4.69) is 17.0 Å². The number of urea groups is 1. The van der Waals surface area contributed by atoms with Crippen LogP contribution in [0.5, 0.6) is 0 Å². The first-order valence-corrected chi connectivity index (χ1v) is 6.39. The van der Waals surface area contributed by atoms with E-state index >= 15 is 0 Å². The summed E-state index contributed by atoms with van der Waals surface area (Å²) in [5, 5.41) is 0. The van der Waals surface area contributed by atoms with Crippen LogP contribution in [-0.4, -0.2) is 24.0 Å². The summed E-state index contributed by atoms with van der Waals surface area (Å²) in [4.78, 5) is 16.2. The van der Waals surface area contributed by atoms with Crippen molar-refractivity contribution in [1.82, 2.24) is 4.90 Å². The molecule has 1 heterocycles. The largest absolute Gasteiger partial charge is 0.324 e. The van der Waals surface area contributed by atoms with Crippen molar-refractivity contribution in [3.05, 3.63) is 29.8 Å². The Morgan fingerprint density at radius 3 is 2.65 bits per heavy atom. The Morgan fingerprint density at radius 2 is 1.88 bits per heavy atom. The van der Waals surface area contributed by atoms with Gasteiger partial charge in [-0.2, -0.15) is 0 Å². The van der Waals surface area contributed by atoms with Gasteiger partial charge in [-0.25, -0.2) is 4.79 Å². The topological polar surface area (TPSA) is 23.6 Å². The Bertz CT molecular complexity index is 438. The molecule has 1 fully saturated rings. The maximum atomic E-state index is 12.3. The normalized spacial score (nSPS) is 20.9. The summed E-state index contributed by atoms with van der Waals surface area (Å²) < 4.78 is 0. The van der Waals surface area contributed by atoms with Gasteiger partial charge in [-0.15, -0.1) is 0 Å². The maximum Gasteiger partial charge on any atom is 0.324 e. The number of hydrogen-bond acceptors (Lipinski definition) is 1. The van der Waals surface area contributed by atoms with Crippen molar-refractivity contribution >= 4 is 11.7 Å². The molecule has 0 bridgehead atoms. The van der Waals surface area contributed by atoms with E-state index in [-0.39, 0.29) is 6.03 Å². The van der Waals surface area contributed by atoms with Gasteiger partial charge in [0.15, 0.2) is 0 Å². The first kappa shape index (κ1) is 10.6. The van der Waals surface area contributed by atoms with Gasteiger partial charge in [-0.05, 0) is 24.5 Å². The molecule has 2 amide bonds. The maximum absolute atomic E-state index is 12.3. The molecule has 3 nitrogen and oxygen atoms in total. The summed E-state index contributed by atoms with van der Waals surface area (Å²) in [5.74, 6) is 0. The van der Waals surface area contributed by atoms with Gasteiger partial charge in [0, 0.05) is 19.6 Å². The van der Waals surface area contributed by atoms with Crippen LogP contribution in [0.25, 0.3) is 0 Å². The summed E-state index contributed by atoms with van der Waals surface area (Å²) in [6.45, 7) is 0.782. The molecule has 3 heteroatoms. The number of nitrogens with zero attached hydrogens (tertiary/aromatic N) is 2. The smallest absolute Gasteiger partial charge is 0.317 e. The predicted octanol–water partition coefficient (Wildman–Crippen LogP) is 3.00. The number of fused-ring (bicyclic) bond motifs is 1. The van der Waals surface area contributed by atoms with Gasteiger partial charge in [0.1, 0.15) is 0 Å². The highest BCUT2D eigenvalue weighted by molar-refractivity contribution is 5.94. The third-order valence-electron chi connectivity index (χ3n) is 3.99. The van der Waals surface area contributed by atoms with Crippen LogP contribution in [0.15, 0.2) is 24.3 Å². The van der Waals surface area contributed by atoms with Gasteiger partial charge >= 0.3 is 6.03 Å². The highest BCUT2D eigenvalue weighted by atomic mass is 16.2. The van der Waals surface area contributed by atoms with Crippen molar-refractivity contribution in [1.29, 1.82) is 0 Å². The van der Waals surface area contributed by atoms with E-state index in [4.69, 9.17) is 0 Å². The Morgan fingerprint density at radius 1 is 1.18 bits per heavy atom. The summed E-state index contributed by atoms with van der Waals surface area (Å²) in [6.07, 6.45) is 4.86. The summed E-state index contributed by atoms with van der Waals surface area (Å²) >= 11 is 0. The summed E-state index contributed by atoms with van der Waals surface area (Å²) in [6, 6.07) is 8.82. The zero-order chi connectivity index (χ0) is 11.8. The first-order valence-electron chi connectivity index (χ1n) is 6.39. The lowest BCUT2D eigenvalue weighted by Crippen LogP contribution is -2.49. The molecular formula is C14H18N2O. The second-order valence-electron chi connectivity index (χ2n) is 5.04. The van der Waals surface area contributed by atoms with Crippen molar-refractivity contribution < 1.29 is 4.79 Å². The fourth-order valence-corrected chi connectivity index (χ4v) is 3.02. The van der Waals surface area contributed by atoms with Crippen LogP contribution in [0.3, 0.4) is 0 Å². The van der Waals surface area contributed by atoms with E-state index in [1.807, 2.05) is 19.2 Å². The summed E-state index contributed by atoms with van der Waals surface area (Å²) in [5.41, 5.74) is 2.33. The second-order valence-corrected chi connectivity index (χ2v) is 5.04. The highest BCUT2D eigenvalue weighted by Crippen LogP contribution is 2.32. The van der Waals surface area contributed by atoms with Gasteiger partial charge in [0.25, 0.3) is 0 Å². The molecule has 90 valence electrons. The fourth-order valence-electron chi connectivity index (χ4n) is 3.02. The van der Waals surface area contributed by atoms with Crippen LogP contribution in [0.2, 0.25) is 0 Å². The third kappa shape index (κ3) is 1.70. The van der Waals surface area contributed by atoms with Crippen molar-refractivity contribution in [2.75, 3.05) is 11.9 Å². The standard InChI is InChI=1S/C14H18N2O/c1-15-13-9-5-2-6-11(13)10-16(14(15)17)12-7-3-4-8-12/h2,5-6,9,12H,3-4,7-8,10H2,1H3. The van der Waals surface area contributed by atoms with Gasteiger partial charge in [-0.1, -0.05) is 31.0 Å². The van der Waals surface area contributed by atoms with Crippen molar-refractivity contribution in [3.8, 4) is 0 Å². The number of carbonyl (C=O) groups is 1. The minimum atomic E-state index is 0.163. The number of carbonyl (C=O) groups excluding carboxylic acids is 1. The number of anilines is 1. The van der Waals surface area contributed by atoms with Crippen molar-refractivity contribution in [2.24, 2.45) is 0 Å². The Hall–Kier alpha value is -1.51. The van der Waals surface area contributed by atoms with Crippen LogP contribution in [0.1, 0.15) is 31.2 Å². The number of hydrogen-bond donors (Lipinski definition) is 0. The van der Waals surface area contributed by atoms with Crippen LogP contribution in [-0.2, 0) is 6.54 Å². The Balaban J connectivity index is 1.92. The fraction of sp³-hybridized carbons (Fsp3) is 0.500. The zero-order valence-electron chi connectivity index (χ0n) is 10.2. The van der Waals surface area contributed by atoms with Crippen LogP contribution >= 0.6 is 0 Å². The number of amides is 2. The average Bonchev–Trinajstić information content (AvgIpc) is 2.87. The molecule has 0 aromatic heterocycles. The minimum Gasteiger partial charge on any atom is -0.317 e. The molecule has 0 N–H and O–H groups in total. The lowest BCUT2D eigenvalue weighted by atomic mass is 10.1. The van der Waals surface area contributed by atoms with Crippen LogP contribution < -0.4 is 4.90 Å². The minimum absolute atomic E-state index is 0.163. The molecule has 0 spiro atoms. The first-order chi connectivity index (χ1) is 8.27. The Kier molecular flexibility index (Phi) is 2.54. The van der Waals surface area contributed by atoms with E-state index in [9.17, 15) is 4.79 Å². The summed E-state index contributed by atoms with van der Waals surface area (Å²) in [7, 11) is 1.88. The molecule has 17 heavy (non-hydrogen) atoms. The zero-order valence-corrected chi connectivity index (χ0v) is 10.2. The van der Waals surface area contributed by atoms with E-state index in [1.54, 1.807) is 4.90 Å². The molecule has 2 aliphatic rings. The van der Waals surface area contributed by atoms with E-state index in [1.165, 1.54) is 31.2 Å². The van der Waals surface area contributed by atoms with E-state index in [0.29, 0.717) is 6.04 Å². The average molecular weight is 230 g/mol. The number of rotatable bonds is 1. The van der Waals surface area contributed by atoms with Crippen molar-refractivity contribution in [2.45, 2.75) is 38.3 Å². The number of para-hydroxylation sites is 1. The molecule has 1 aliphatic heterocycles. The third-order valence-corrected chi connectivity index (χ3v) is 3.99. The van der Waals surface area contributed by atoms with Gasteiger partial charge in [-0.3, -0.25) is 4.90 Å².